The molecule has 5 nitrogen and oxygen atoms in total. The molecule has 0 saturated carbocycles. The van der Waals surface area contributed by atoms with Crippen LogP contribution in [0.3, 0.4) is 0 Å². The summed E-state index contributed by atoms with van der Waals surface area (Å²) in [6.45, 7) is 4.11. The van der Waals surface area contributed by atoms with Crippen LogP contribution in [0.15, 0.2) is 89.8 Å². The van der Waals surface area contributed by atoms with Gasteiger partial charge in [-0.25, -0.2) is 8.42 Å². The summed E-state index contributed by atoms with van der Waals surface area (Å²) >= 11 is 0. The molecule has 1 N–H and O–H groups in total. The van der Waals surface area contributed by atoms with Crippen LogP contribution in [0.2, 0.25) is 0 Å². The SMILES string of the molecule is CCN(c1ccccc1)S(=O)(=O)c1ccc(NC(=O)/C=C/c2ccc(C)cc2)cc1. The Morgan fingerprint density at radius 3 is 2.17 bits per heavy atom. The van der Waals surface area contributed by atoms with Gasteiger partial charge in [0, 0.05) is 18.3 Å². The van der Waals surface area contributed by atoms with Gasteiger partial charge in [0.2, 0.25) is 5.91 Å². The third kappa shape index (κ3) is 5.15. The molecular weight excluding hydrogens is 396 g/mol. The number of carbonyl (C=O) groups is 1. The van der Waals surface area contributed by atoms with Gasteiger partial charge >= 0.3 is 0 Å². The van der Waals surface area contributed by atoms with Crippen LogP contribution in [0.5, 0.6) is 0 Å². The highest BCUT2D eigenvalue weighted by Gasteiger charge is 2.23. The number of sulfonamides is 1. The van der Waals surface area contributed by atoms with Gasteiger partial charge in [-0.2, -0.15) is 0 Å². The van der Waals surface area contributed by atoms with Crippen LogP contribution in [0.4, 0.5) is 11.4 Å². The molecule has 30 heavy (non-hydrogen) atoms. The van der Waals surface area contributed by atoms with E-state index in [1.54, 1.807) is 49.4 Å². The fourth-order valence-electron chi connectivity index (χ4n) is 2.96. The molecule has 0 fully saturated rings. The molecule has 3 aromatic rings. The van der Waals surface area contributed by atoms with E-state index in [9.17, 15) is 13.2 Å². The lowest BCUT2D eigenvalue weighted by atomic mass is 10.1. The van der Waals surface area contributed by atoms with Crippen molar-refractivity contribution in [2.24, 2.45) is 0 Å². The van der Waals surface area contributed by atoms with Gasteiger partial charge in [0.05, 0.1) is 10.6 Å². The molecule has 0 bridgehead atoms. The van der Waals surface area contributed by atoms with Crippen molar-refractivity contribution in [2.45, 2.75) is 18.7 Å². The van der Waals surface area contributed by atoms with Crippen molar-refractivity contribution in [3.8, 4) is 0 Å². The molecule has 0 spiro atoms. The van der Waals surface area contributed by atoms with Gasteiger partial charge < -0.3 is 5.32 Å². The Balaban J connectivity index is 1.70. The average molecular weight is 421 g/mol. The molecule has 3 aromatic carbocycles. The number of para-hydroxylation sites is 1. The summed E-state index contributed by atoms with van der Waals surface area (Å²) in [6.07, 6.45) is 3.18. The van der Waals surface area contributed by atoms with E-state index in [2.05, 4.69) is 5.32 Å². The second-order valence-electron chi connectivity index (χ2n) is 6.76. The predicted octanol–water partition coefficient (Wildman–Crippen LogP) is 4.86. The minimum Gasteiger partial charge on any atom is -0.323 e. The number of nitrogens with one attached hydrogen (secondary N) is 1. The van der Waals surface area contributed by atoms with E-state index in [4.69, 9.17) is 0 Å². The van der Waals surface area contributed by atoms with Crippen molar-refractivity contribution >= 4 is 33.4 Å². The molecule has 154 valence electrons. The van der Waals surface area contributed by atoms with Crippen LogP contribution in [-0.2, 0) is 14.8 Å². The zero-order chi connectivity index (χ0) is 21.6. The van der Waals surface area contributed by atoms with Crippen LogP contribution >= 0.6 is 0 Å². The first kappa shape index (κ1) is 21.3. The van der Waals surface area contributed by atoms with Gasteiger partial charge in [-0.3, -0.25) is 9.10 Å². The summed E-state index contributed by atoms with van der Waals surface area (Å²) in [4.78, 5) is 12.3. The van der Waals surface area contributed by atoms with Crippen molar-refractivity contribution in [1.82, 2.24) is 0 Å². The number of amides is 1. The molecule has 0 unspecified atom stereocenters. The molecule has 0 aliphatic heterocycles. The minimum atomic E-state index is -3.69. The van der Waals surface area contributed by atoms with Gasteiger partial charge in [-0.15, -0.1) is 0 Å². The van der Waals surface area contributed by atoms with Gasteiger partial charge in [-0.1, -0.05) is 48.0 Å². The van der Waals surface area contributed by atoms with Crippen LogP contribution in [0, 0.1) is 6.92 Å². The Hall–Kier alpha value is -3.38. The number of hydrogen-bond acceptors (Lipinski definition) is 3. The fraction of sp³-hybridized carbons (Fsp3) is 0.125. The molecule has 0 aliphatic carbocycles. The number of benzene rings is 3. The highest BCUT2D eigenvalue weighted by molar-refractivity contribution is 7.92. The van der Waals surface area contributed by atoms with Crippen molar-refractivity contribution in [3.05, 3.63) is 96.1 Å². The van der Waals surface area contributed by atoms with Crippen LogP contribution in [0.1, 0.15) is 18.1 Å². The van der Waals surface area contributed by atoms with Crippen molar-refractivity contribution < 1.29 is 13.2 Å². The first-order chi connectivity index (χ1) is 14.4. The largest absolute Gasteiger partial charge is 0.323 e. The maximum absolute atomic E-state index is 13.0. The normalized spacial score (nSPS) is 11.4. The summed E-state index contributed by atoms with van der Waals surface area (Å²) in [5, 5.41) is 2.74. The van der Waals surface area contributed by atoms with E-state index in [1.807, 2.05) is 37.3 Å². The van der Waals surface area contributed by atoms with E-state index in [1.165, 1.54) is 22.5 Å². The van der Waals surface area contributed by atoms with Gasteiger partial charge in [0.15, 0.2) is 0 Å². The van der Waals surface area contributed by atoms with Crippen molar-refractivity contribution in [3.63, 3.8) is 0 Å². The lowest BCUT2D eigenvalue weighted by molar-refractivity contribution is -0.111. The Labute approximate surface area is 177 Å². The summed E-state index contributed by atoms with van der Waals surface area (Å²) in [5.41, 5.74) is 3.21. The zero-order valence-electron chi connectivity index (χ0n) is 16.9. The van der Waals surface area contributed by atoms with Gasteiger partial charge in [0.1, 0.15) is 0 Å². The van der Waals surface area contributed by atoms with E-state index in [-0.39, 0.29) is 10.8 Å². The highest BCUT2D eigenvalue weighted by Crippen LogP contribution is 2.24. The van der Waals surface area contributed by atoms with E-state index in [0.29, 0.717) is 17.9 Å². The lowest BCUT2D eigenvalue weighted by Gasteiger charge is -2.23. The van der Waals surface area contributed by atoms with Crippen LogP contribution in [0.25, 0.3) is 6.08 Å². The smallest absolute Gasteiger partial charge is 0.264 e. The molecule has 0 atom stereocenters. The van der Waals surface area contributed by atoms with E-state index in [0.717, 1.165) is 11.1 Å². The van der Waals surface area contributed by atoms with Gasteiger partial charge in [-0.05, 0) is 61.9 Å². The molecule has 0 saturated heterocycles. The van der Waals surface area contributed by atoms with E-state index >= 15 is 0 Å². The Bertz CT molecular complexity index is 1120. The van der Waals surface area contributed by atoms with Crippen molar-refractivity contribution in [2.75, 3.05) is 16.2 Å². The Kier molecular flexibility index (Phi) is 6.69. The molecule has 1 amide bonds. The number of hydrogen-bond donors (Lipinski definition) is 1. The second-order valence-corrected chi connectivity index (χ2v) is 8.63. The first-order valence-corrected chi connectivity index (χ1v) is 11.1. The molecular formula is C24H24N2O3S. The number of anilines is 2. The first-order valence-electron chi connectivity index (χ1n) is 9.64. The molecule has 0 aliphatic rings. The molecule has 0 radical (unpaired) electrons. The Morgan fingerprint density at radius 1 is 0.933 bits per heavy atom. The summed E-state index contributed by atoms with van der Waals surface area (Å²) in [5.74, 6) is -0.286. The summed E-state index contributed by atoms with van der Waals surface area (Å²) in [6, 6.07) is 23.0. The third-order valence-electron chi connectivity index (χ3n) is 4.55. The molecule has 6 heteroatoms. The predicted molar refractivity (Wildman–Crippen MR) is 122 cm³/mol. The minimum absolute atomic E-state index is 0.168. The number of nitrogens with zero attached hydrogens (tertiary/aromatic N) is 1. The fourth-order valence-corrected chi connectivity index (χ4v) is 4.43. The van der Waals surface area contributed by atoms with Gasteiger partial charge in [0.25, 0.3) is 10.0 Å². The summed E-state index contributed by atoms with van der Waals surface area (Å²) < 4.78 is 27.4. The maximum atomic E-state index is 13.0. The monoisotopic (exact) mass is 420 g/mol. The van der Waals surface area contributed by atoms with Crippen molar-refractivity contribution in [1.29, 1.82) is 0 Å². The highest BCUT2D eigenvalue weighted by atomic mass is 32.2. The number of rotatable bonds is 7. The Morgan fingerprint density at radius 2 is 1.57 bits per heavy atom. The molecule has 0 heterocycles. The maximum Gasteiger partial charge on any atom is 0.264 e. The summed E-state index contributed by atoms with van der Waals surface area (Å²) in [7, 11) is -3.69. The molecule has 3 rings (SSSR count). The topological polar surface area (TPSA) is 66.5 Å². The molecule has 0 aromatic heterocycles. The number of aryl methyl sites for hydroxylation is 1. The average Bonchev–Trinajstić information content (AvgIpc) is 2.75. The van der Waals surface area contributed by atoms with Crippen LogP contribution in [-0.4, -0.2) is 20.9 Å². The lowest BCUT2D eigenvalue weighted by Crippen LogP contribution is -2.30. The second kappa shape index (κ2) is 9.41. The van der Waals surface area contributed by atoms with E-state index < -0.39 is 10.0 Å². The standard InChI is InChI=1S/C24H24N2O3S/c1-3-26(22-7-5-4-6-8-22)30(28,29)23-16-14-21(15-17-23)25-24(27)18-13-20-11-9-19(2)10-12-20/h4-18H,3H2,1-2H3,(H,25,27)/b18-13+. The third-order valence-corrected chi connectivity index (χ3v) is 6.46. The van der Waals surface area contributed by atoms with Crippen LogP contribution < -0.4 is 9.62 Å². The zero-order valence-corrected chi connectivity index (χ0v) is 17.8. The quantitative estimate of drug-likeness (QED) is 0.555. The number of carbonyl (C=O) groups excluding carboxylic acids is 1.